The van der Waals surface area contributed by atoms with E-state index < -0.39 is 5.76 Å². The molecule has 22 heavy (non-hydrogen) atoms. The lowest BCUT2D eigenvalue weighted by atomic mass is 10.1. The predicted molar refractivity (Wildman–Crippen MR) is 82.2 cm³/mol. The fourth-order valence-corrected chi connectivity index (χ4v) is 2.47. The molecule has 0 bridgehead atoms. The van der Waals surface area contributed by atoms with E-state index in [1.165, 1.54) is 0 Å². The van der Waals surface area contributed by atoms with E-state index in [1.54, 1.807) is 0 Å². The summed E-state index contributed by atoms with van der Waals surface area (Å²) >= 11 is 0. The molecule has 2 heterocycles. The minimum atomic E-state index is -0.592. The Kier molecular flexibility index (Phi) is 3.55. The van der Waals surface area contributed by atoms with Gasteiger partial charge in [-0.2, -0.15) is 5.26 Å². The lowest BCUT2D eigenvalue weighted by Gasteiger charge is -2.07. The Bertz CT molecular complexity index is 908. The first kappa shape index (κ1) is 14.1. The second-order valence-electron chi connectivity index (χ2n) is 5.71. The largest absolute Gasteiger partial charge is 0.439 e. The van der Waals surface area contributed by atoms with Crippen LogP contribution in [0.1, 0.15) is 25.8 Å². The molecular weight excluding hydrogens is 280 g/mol. The van der Waals surface area contributed by atoms with Crippen LogP contribution >= 0.6 is 0 Å². The molecule has 3 rings (SSSR count). The summed E-state index contributed by atoms with van der Waals surface area (Å²) in [4.78, 5) is 13.6. The first-order valence-corrected chi connectivity index (χ1v) is 7.18. The van der Waals surface area contributed by atoms with Crippen LogP contribution in [0.3, 0.4) is 0 Å². The van der Waals surface area contributed by atoms with Crippen molar-refractivity contribution in [3.63, 3.8) is 0 Å². The maximum Gasteiger partial charge on any atom is 0.439 e. The molecule has 6 nitrogen and oxygen atoms in total. The molecule has 0 aliphatic rings. The van der Waals surface area contributed by atoms with Crippen LogP contribution in [-0.2, 0) is 6.54 Å². The summed E-state index contributed by atoms with van der Waals surface area (Å²) in [7, 11) is 0. The highest BCUT2D eigenvalue weighted by atomic mass is 16.5. The number of H-pyrrole nitrogens is 1. The Balaban J connectivity index is 2.08. The normalized spacial score (nSPS) is 11.2. The average Bonchev–Trinajstić information content (AvgIpc) is 3.08. The number of rotatable bonds is 4. The lowest BCUT2D eigenvalue weighted by Crippen LogP contribution is -1.99. The molecule has 2 aromatic heterocycles. The monoisotopic (exact) mass is 296 g/mol. The SMILES string of the molecule is CC(C)CCn1cc(C#N)c2cc(-c3noc(=O)[nH]3)ccc21. The van der Waals surface area contributed by atoms with Crippen LogP contribution in [-0.4, -0.2) is 14.7 Å². The van der Waals surface area contributed by atoms with Gasteiger partial charge in [-0.3, -0.25) is 9.51 Å². The number of nitrogens with one attached hydrogen (secondary N) is 1. The first-order chi connectivity index (χ1) is 10.6. The summed E-state index contributed by atoms with van der Waals surface area (Å²) < 4.78 is 6.63. The molecule has 112 valence electrons. The van der Waals surface area contributed by atoms with Gasteiger partial charge in [0.2, 0.25) is 0 Å². The molecule has 3 aromatic rings. The molecule has 0 radical (unpaired) electrons. The fourth-order valence-electron chi connectivity index (χ4n) is 2.47. The molecule has 6 heteroatoms. The quantitative estimate of drug-likeness (QED) is 0.801. The van der Waals surface area contributed by atoms with Gasteiger partial charge in [0.25, 0.3) is 0 Å². The van der Waals surface area contributed by atoms with E-state index >= 15 is 0 Å². The third-order valence-electron chi connectivity index (χ3n) is 3.66. The molecule has 0 atom stereocenters. The van der Waals surface area contributed by atoms with Crippen molar-refractivity contribution in [3.05, 3.63) is 40.5 Å². The van der Waals surface area contributed by atoms with Crippen LogP contribution in [0.4, 0.5) is 0 Å². The van der Waals surface area contributed by atoms with Gasteiger partial charge in [0.1, 0.15) is 6.07 Å². The van der Waals surface area contributed by atoms with Gasteiger partial charge in [0.15, 0.2) is 5.82 Å². The fraction of sp³-hybridized carbons (Fsp3) is 0.312. The summed E-state index contributed by atoms with van der Waals surface area (Å²) in [5.41, 5.74) is 2.34. The highest BCUT2D eigenvalue weighted by Crippen LogP contribution is 2.26. The molecule has 0 aliphatic carbocycles. The lowest BCUT2D eigenvalue weighted by molar-refractivity contribution is 0.388. The number of hydrogen-bond donors (Lipinski definition) is 1. The molecule has 1 aromatic carbocycles. The van der Waals surface area contributed by atoms with Gasteiger partial charge in [0, 0.05) is 29.2 Å². The van der Waals surface area contributed by atoms with Crippen molar-refractivity contribution in [2.75, 3.05) is 0 Å². The van der Waals surface area contributed by atoms with Crippen molar-refractivity contribution < 1.29 is 4.52 Å². The molecule has 1 N–H and O–H groups in total. The highest BCUT2D eigenvalue weighted by molar-refractivity contribution is 5.89. The Morgan fingerprint density at radius 2 is 2.27 bits per heavy atom. The molecular formula is C16H16N4O2. The average molecular weight is 296 g/mol. The Morgan fingerprint density at radius 3 is 2.91 bits per heavy atom. The summed E-state index contributed by atoms with van der Waals surface area (Å²) in [6.07, 6.45) is 2.93. The number of nitrogens with zero attached hydrogens (tertiary/aromatic N) is 3. The van der Waals surface area contributed by atoms with Crippen molar-refractivity contribution >= 4 is 10.9 Å². The maximum absolute atomic E-state index is 11.1. The summed E-state index contributed by atoms with van der Waals surface area (Å²) in [6.45, 7) is 5.22. The van der Waals surface area contributed by atoms with Gasteiger partial charge < -0.3 is 4.57 Å². The van der Waals surface area contributed by atoms with E-state index in [9.17, 15) is 10.1 Å². The number of nitriles is 1. The molecule has 0 amide bonds. The number of aromatic amines is 1. The van der Waals surface area contributed by atoms with E-state index in [4.69, 9.17) is 0 Å². The van der Waals surface area contributed by atoms with Crippen LogP contribution in [0.25, 0.3) is 22.3 Å². The van der Waals surface area contributed by atoms with Crippen molar-refractivity contribution in [1.29, 1.82) is 5.26 Å². The standard InChI is InChI=1S/C16H16N4O2/c1-10(2)5-6-20-9-12(8-17)13-7-11(3-4-14(13)20)15-18-16(21)22-19-15/h3-4,7,9-10H,5-6H2,1-2H3,(H,18,19,21). The smallest absolute Gasteiger partial charge is 0.346 e. The predicted octanol–water partition coefficient (Wildman–Crippen LogP) is 2.90. The Hall–Kier alpha value is -2.81. The van der Waals surface area contributed by atoms with Crippen LogP contribution in [0.15, 0.2) is 33.7 Å². The van der Waals surface area contributed by atoms with Crippen molar-refractivity contribution in [3.8, 4) is 17.5 Å². The molecule has 0 saturated carbocycles. The number of benzene rings is 1. The number of fused-ring (bicyclic) bond motifs is 1. The minimum Gasteiger partial charge on any atom is -0.346 e. The minimum absolute atomic E-state index is 0.366. The number of hydrogen-bond acceptors (Lipinski definition) is 4. The second-order valence-corrected chi connectivity index (χ2v) is 5.71. The van der Waals surface area contributed by atoms with Gasteiger partial charge >= 0.3 is 5.76 Å². The van der Waals surface area contributed by atoms with Crippen LogP contribution in [0.5, 0.6) is 0 Å². The van der Waals surface area contributed by atoms with Gasteiger partial charge in [-0.25, -0.2) is 4.79 Å². The van der Waals surface area contributed by atoms with Gasteiger partial charge in [-0.05, 0) is 30.5 Å². The van der Waals surface area contributed by atoms with E-state index in [2.05, 4.69) is 39.1 Å². The van der Waals surface area contributed by atoms with Crippen molar-refractivity contribution in [2.45, 2.75) is 26.8 Å². The van der Waals surface area contributed by atoms with Crippen LogP contribution in [0.2, 0.25) is 0 Å². The summed E-state index contributed by atoms with van der Waals surface area (Å²) in [5.74, 6) is 0.373. The zero-order valence-corrected chi connectivity index (χ0v) is 12.5. The van der Waals surface area contributed by atoms with Gasteiger partial charge in [0.05, 0.1) is 5.56 Å². The second kappa shape index (κ2) is 5.53. The first-order valence-electron chi connectivity index (χ1n) is 7.18. The molecule has 0 unspecified atom stereocenters. The highest BCUT2D eigenvalue weighted by Gasteiger charge is 2.12. The third-order valence-corrected chi connectivity index (χ3v) is 3.66. The molecule has 0 fully saturated rings. The number of aromatic nitrogens is 3. The van der Waals surface area contributed by atoms with Crippen molar-refractivity contribution in [1.82, 2.24) is 14.7 Å². The Morgan fingerprint density at radius 1 is 1.45 bits per heavy atom. The van der Waals surface area contributed by atoms with Gasteiger partial charge in [-0.15, -0.1) is 0 Å². The zero-order valence-electron chi connectivity index (χ0n) is 12.5. The topological polar surface area (TPSA) is 87.6 Å². The van der Waals surface area contributed by atoms with E-state index in [-0.39, 0.29) is 0 Å². The molecule has 0 aliphatic heterocycles. The summed E-state index contributed by atoms with van der Waals surface area (Å²) in [6, 6.07) is 7.89. The number of aryl methyl sites for hydroxylation is 1. The summed E-state index contributed by atoms with van der Waals surface area (Å²) in [5, 5.41) is 13.9. The molecule has 0 saturated heterocycles. The zero-order chi connectivity index (χ0) is 15.7. The molecule has 0 spiro atoms. The van der Waals surface area contributed by atoms with E-state index in [0.717, 1.165) is 29.4 Å². The van der Waals surface area contributed by atoms with Crippen LogP contribution in [0, 0.1) is 17.2 Å². The maximum atomic E-state index is 11.1. The third kappa shape index (κ3) is 2.53. The van der Waals surface area contributed by atoms with E-state index in [1.807, 2.05) is 24.4 Å². The van der Waals surface area contributed by atoms with Crippen molar-refractivity contribution in [2.24, 2.45) is 5.92 Å². The van der Waals surface area contributed by atoms with Crippen LogP contribution < -0.4 is 5.76 Å². The van der Waals surface area contributed by atoms with E-state index in [0.29, 0.717) is 17.3 Å². The Labute approximate surface area is 127 Å². The van der Waals surface area contributed by atoms with Gasteiger partial charge in [-0.1, -0.05) is 19.0 Å².